The zero-order chi connectivity index (χ0) is 12.2. The molecule has 1 heterocycles. The molecule has 2 atom stereocenters. The first kappa shape index (κ1) is 13.3. The Balaban J connectivity index is 2.42. The van der Waals surface area contributed by atoms with Crippen molar-refractivity contribution in [3.05, 3.63) is 0 Å². The molecular formula is C11H22N2O3. The summed E-state index contributed by atoms with van der Waals surface area (Å²) >= 11 is 0. The van der Waals surface area contributed by atoms with Gasteiger partial charge in [-0.3, -0.25) is 0 Å². The molecule has 0 aliphatic carbocycles. The van der Waals surface area contributed by atoms with Crippen molar-refractivity contribution in [2.24, 2.45) is 0 Å². The molecule has 5 nitrogen and oxygen atoms in total. The zero-order valence-corrected chi connectivity index (χ0v) is 10.5. The van der Waals surface area contributed by atoms with Crippen LogP contribution in [-0.2, 0) is 9.47 Å². The van der Waals surface area contributed by atoms with Crippen LogP contribution in [0, 0.1) is 0 Å². The van der Waals surface area contributed by atoms with E-state index in [0.29, 0.717) is 0 Å². The lowest BCUT2D eigenvalue weighted by atomic mass is 10.0. The maximum Gasteiger partial charge on any atom is 0.408 e. The minimum Gasteiger partial charge on any atom is -0.444 e. The molecule has 1 rings (SSSR count). The van der Waals surface area contributed by atoms with Gasteiger partial charge in [0, 0.05) is 13.7 Å². The van der Waals surface area contributed by atoms with Crippen molar-refractivity contribution >= 4 is 6.09 Å². The molecule has 0 bridgehead atoms. The van der Waals surface area contributed by atoms with E-state index in [-0.39, 0.29) is 18.2 Å². The van der Waals surface area contributed by atoms with Gasteiger partial charge in [0.05, 0.1) is 12.1 Å². The summed E-state index contributed by atoms with van der Waals surface area (Å²) in [5.41, 5.74) is -0.464. The summed E-state index contributed by atoms with van der Waals surface area (Å²) in [7, 11) is 1.67. The number of hydrogen-bond acceptors (Lipinski definition) is 4. The summed E-state index contributed by atoms with van der Waals surface area (Å²) in [6, 6.07) is -0.0198. The molecule has 5 heteroatoms. The summed E-state index contributed by atoms with van der Waals surface area (Å²) in [5, 5.41) is 6.04. The average molecular weight is 230 g/mol. The van der Waals surface area contributed by atoms with Crippen LogP contribution in [0.5, 0.6) is 0 Å². The molecule has 1 aliphatic heterocycles. The number of nitrogens with one attached hydrogen (secondary N) is 2. The van der Waals surface area contributed by atoms with E-state index >= 15 is 0 Å². The predicted octanol–water partition coefficient (Wildman–Crippen LogP) is 0.888. The Morgan fingerprint density at radius 3 is 2.69 bits per heavy atom. The lowest BCUT2D eigenvalue weighted by molar-refractivity contribution is 0.0250. The molecule has 94 valence electrons. The van der Waals surface area contributed by atoms with Crippen LogP contribution in [0.25, 0.3) is 0 Å². The second-order valence-corrected chi connectivity index (χ2v) is 5.02. The van der Waals surface area contributed by atoms with Gasteiger partial charge in [0.25, 0.3) is 0 Å². The molecule has 1 fully saturated rings. The van der Waals surface area contributed by atoms with E-state index in [2.05, 4.69) is 10.6 Å². The SMILES string of the molecule is COC1CCNC[C@H]1NC(=O)OC(C)(C)C. The molecule has 1 aliphatic rings. The largest absolute Gasteiger partial charge is 0.444 e. The van der Waals surface area contributed by atoms with Gasteiger partial charge in [0.1, 0.15) is 5.60 Å². The maximum atomic E-state index is 11.6. The second-order valence-electron chi connectivity index (χ2n) is 5.02. The van der Waals surface area contributed by atoms with Crippen LogP contribution in [0.1, 0.15) is 27.2 Å². The third-order valence-electron chi connectivity index (χ3n) is 2.42. The fourth-order valence-electron chi connectivity index (χ4n) is 1.72. The average Bonchev–Trinajstić information content (AvgIpc) is 2.15. The summed E-state index contributed by atoms with van der Waals surface area (Å²) < 4.78 is 10.5. The first-order valence-electron chi connectivity index (χ1n) is 5.65. The van der Waals surface area contributed by atoms with Crippen LogP contribution >= 0.6 is 0 Å². The number of alkyl carbamates (subject to hydrolysis) is 1. The fraction of sp³-hybridized carbons (Fsp3) is 0.909. The Morgan fingerprint density at radius 1 is 1.44 bits per heavy atom. The minimum atomic E-state index is -0.464. The molecule has 1 unspecified atom stereocenters. The van der Waals surface area contributed by atoms with Gasteiger partial charge in [-0.15, -0.1) is 0 Å². The Bertz CT molecular complexity index is 238. The van der Waals surface area contributed by atoms with Crippen LogP contribution in [0.4, 0.5) is 4.79 Å². The highest BCUT2D eigenvalue weighted by atomic mass is 16.6. The van der Waals surface area contributed by atoms with E-state index in [9.17, 15) is 4.79 Å². The van der Waals surface area contributed by atoms with Gasteiger partial charge in [0.2, 0.25) is 0 Å². The summed E-state index contributed by atoms with van der Waals surface area (Å²) in [6.45, 7) is 7.18. The van der Waals surface area contributed by atoms with Crippen molar-refractivity contribution in [1.29, 1.82) is 0 Å². The van der Waals surface area contributed by atoms with Gasteiger partial charge in [-0.25, -0.2) is 4.79 Å². The van der Waals surface area contributed by atoms with Crippen molar-refractivity contribution in [1.82, 2.24) is 10.6 Å². The van der Waals surface area contributed by atoms with E-state index in [1.54, 1.807) is 7.11 Å². The van der Waals surface area contributed by atoms with Gasteiger partial charge in [-0.2, -0.15) is 0 Å². The molecule has 0 saturated carbocycles. The lowest BCUT2D eigenvalue weighted by Gasteiger charge is -2.32. The van der Waals surface area contributed by atoms with Gasteiger partial charge < -0.3 is 20.1 Å². The number of methoxy groups -OCH3 is 1. The van der Waals surface area contributed by atoms with Crippen LogP contribution in [0.15, 0.2) is 0 Å². The molecule has 0 aromatic heterocycles. The first-order valence-corrected chi connectivity index (χ1v) is 5.65. The third-order valence-corrected chi connectivity index (χ3v) is 2.42. The van der Waals surface area contributed by atoms with Gasteiger partial charge >= 0.3 is 6.09 Å². The van der Waals surface area contributed by atoms with Crippen molar-refractivity contribution in [2.45, 2.75) is 44.9 Å². The zero-order valence-electron chi connectivity index (χ0n) is 10.5. The van der Waals surface area contributed by atoms with Crippen molar-refractivity contribution in [3.63, 3.8) is 0 Å². The van der Waals surface area contributed by atoms with Crippen LogP contribution < -0.4 is 10.6 Å². The highest BCUT2D eigenvalue weighted by molar-refractivity contribution is 5.68. The van der Waals surface area contributed by atoms with E-state index in [4.69, 9.17) is 9.47 Å². The Kier molecular flexibility index (Phi) is 4.56. The van der Waals surface area contributed by atoms with E-state index in [1.165, 1.54) is 0 Å². The molecule has 1 saturated heterocycles. The molecule has 0 aromatic carbocycles. The first-order chi connectivity index (χ1) is 7.42. The fourth-order valence-corrected chi connectivity index (χ4v) is 1.72. The molecule has 0 radical (unpaired) electrons. The third kappa shape index (κ3) is 4.37. The van der Waals surface area contributed by atoms with Gasteiger partial charge in [-0.1, -0.05) is 0 Å². The summed E-state index contributed by atoms with van der Waals surface area (Å²) in [5.74, 6) is 0. The summed E-state index contributed by atoms with van der Waals surface area (Å²) in [6.07, 6.45) is 0.578. The maximum absolute atomic E-state index is 11.6. The van der Waals surface area contributed by atoms with E-state index < -0.39 is 5.60 Å². The number of rotatable bonds is 2. The predicted molar refractivity (Wildman–Crippen MR) is 61.4 cm³/mol. The standard InChI is InChI=1S/C11H22N2O3/c1-11(2,3)16-10(14)13-8-7-12-6-5-9(8)15-4/h8-9,12H,5-7H2,1-4H3,(H,13,14)/t8-,9?/m1/s1. The van der Waals surface area contributed by atoms with Crippen molar-refractivity contribution in [2.75, 3.05) is 20.2 Å². The molecule has 1 amide bonds. The highest BCUT2D eigenvalue weighted by Gasteiger charge is 2.27. The van der Waals surface area contributed by atoms with Crippen LogP contribution in [-0.4, -0.2) is 44.0 Å². The number of carbonyl (C=O) groups excluding carboxylic acids is 1. The molecule has 16 heavy (non-hydrogen) atoms. The summed E-state index contributed by atoms with van der Waals surface area (Å²) in [4.78, 5) is 11.6. The van der Waals surface area contributed by atoms with E-state index in [1.807, 2.05) is 20.8 Å². The monoisotopic (exact) mass is 230 g/mol. The Morgan fingerprint density at radius 2 is 2.12 bits per heavy atom. The molecular weight excluding hydrogens is 208 g/mol. The highest BCUT2D eigenvalue weighted by Crippen LogP contribution is 2.10. The molecule has 0 spiro atoms. The number of hydrogen-bond donors (Lipinski definition) is 2. The van der Waals surface area contributed by atoms with Crippen LogP contribution in [0.2, 0.25) is 0 Å². The quantitative estimate of drug-likeness (QED) is 0.739. The van der Waals surface area contributed by atoms with Gasteiger partial charge in [-0.05, 0) is 33.7 Å². The number of amides is 1. The second kappa shape index (κ2) is 5.50. The Hall–Kier alpha value is -0.810. The molecule has 0 aromatic rings. The topological polar surface area (TPSA) is 59.6 Å². The van der Waals surface area contributed by atoms with Crippen LogP contribution in [0.3, 0.4) is 0 Å². The smallest absolute Gasteiger partial charge is 0.408 e. The van der Waals surface area contributed by atoms with Crippen molar-refractivity contribution in [3.8, 4) is 0 Å². The van der Waals surface area contributed by atoms with Gasteiger partial charge in [0.15, 0.2) is 0 Å². The number of carbonyl (C=O) groups is 1. The minimum absolute atomic E-state index is 0.0198. The number of piperidine rings is 1. The van der Waals surface area contributed by atoms with E-state index in [0.717, 1.165) is 19.5 Å². The Labute approximate surface area is 96.9 Å². The normalized spacial score (nSPS) is 26.2. The van der Waals surface area contributed by atoms with Crippen molar-refractivity contribution < 1.29 is 14.3 Å². The lowest BCUT2D eigenvalue weighted by Crippen LogP contribution is -2.55. The number of ether oxygens (including phenoxy) is 2. The molecule has 2 N–H and O–H groups in total.